The molecule has 0 spiro atoms. The van der Waals surface area contributed by atoms with E-state index in [4.69, 9.17) is 5.73 Å². The van der Waals surface area contributed by atoms with Crippen LogP contribution in [0.15, 0.2) is 18.2 Å². The van der Waals surface area contributed by atoms with Crippen LogP contribution in [-0.4, -0.2) is 24.1 Å². The molecule has 1 aliphatic rings. The predicted octanol–water partition coefficient (Wildman–Crippen LogP) is 2.10. The lowest BCUT2D eigenvalue weighted by atomic mass is 9.90. The summed E-state index contributed by atoms with van der Waals surface area (Å²) in [5.41, 5.74) is 7.25. The highest BCUT2D eigenvalue weighted by Crippen LogP contribution is 2.24. The van der Waals surface area contributed by atoms with Gasteiger partial charge in [-0.1, -0.05) is 18.9 Å². The number of nitrogens with zero attached hydrogens (tertiary/aromatic N) is 2. The van der Waals surface area contributed by atoms with Crippen molar-refractivity contribution in [2.24, 2.45) is 5.73 Å². The number of likely N-dealkylation sites (N-methyl/N-ethyl adjacent to an activating group) is 1. The third-order valence-corrected chi connectivity index (χ3v) is 3.51. The first kappa shape index (κ1) is 11.4. The molecule has 1 aromatic rings. The number of pyridine rings is 1. The molecule has 2 unspecified atom stereocenters. The van der Waals surface area contributed by atoms with E-state index in [0.717, 1.165) is 17.9 Å². The molecule has 3 nitrogen and oxygen atoms in total. The normalized spacial score (nSPS) is 25.4. The van der Waals surface area contributed by atoms with Gasteiger partial charge in [0.15, 0.2) is 0 Å². The van der Waals surface area contributed by atoms with Gasteiger partial charge >= 0.3 is 0 Å². The molecule has 1 fully saturated rings. The summed E-state index contributed by atoms with van der Waals surface area (Å²) < 4.78 is 0. The van der Waals surface area contributed by atoms with E-state index in [9.17, 15) is 0 Å². The van der Waals surface area contributed by atoms with E-state index in [1.54, 1.807) is 0 Å². The highest BCUT2D eigenvalue weighted by Gasteiger charge is 2.26. The summed E-state index contributed by atoms with van der Waals surface area (Å²) >= 11 is 0. The summed E-state index contributed by atoms with van der Waals surface area (Å²) in [6.45, 7) is 2.03. The van der Waals surface area contributed by atoms with Gasteiger partial charge in [-0.05, 0) is 31.9 Å². The van der Waals surface area contributed by atoms with Gasteiger partial charge in [-0.2, -0.15) is 0 Å². The Morgan fingerprint density at radius 2 is 2.06 bits per heavy atom. The second-order valence-corrected chi connectivity index (χ2v) is 4.76. The quantitative estimate of drug-likeness (QED) is 0.828. The van der Waals surface area contributed by atoms with E-state index >= 15 is 0 Å². The van der Waals surface area contributed by atoms with Gasteiger partial charge in [-0.3, -0.25) is 0 Å². The highest BCUT2D eigenvalue weighted by atomic mass is 15.2. The lowest BCUT2D eigenvalue weighted by molar-refractivity contribution is 0.372. The Morgan fingerprint density at radius 3 is 2.75 bits per heavy atom. The van der Waals surface area contributed by atoms with E-state index in [1.807, 2.05) is 13.0 Å². The van der Waals surface area contributed by atoms with Crippen LogP contribution in [0.3, 0.4) is 0 Å². The molecule has 0 aliphatic heterocycles. The molecule has 0 amide bonds. The molecule has 0 radical (unpaired) electrons. The molecule has 1 heterocycles. The van der Waals surface area contributed by atoms with E-state index in [-0.39, 0.29) is 0 Å². The summed E-state index contributed by atoms with van der Waals surface area (Å²) in [6, 6.07) is 6.89. The molecule has 16 heavy (non-hydrogen) atoms. The van der Waals surface area contributed by atoms with Crippen LogP contribution in [-0.2, 0) is 0 Å². The van der Waals surface area contributed by atoms with Crippen molar-refractivity contribution in [3.63, 3.8) is 0 Å². The fourth-order valence-electron chi connectivity index (χ4n) is 2.52. The molecule has 1 aromatic heterocycles. The Balaban J connectivity index is 2.14. The smallest absolute Gasteiger partial charge is 0.128 e. The second-order valence-electron chi connectivity index (χ2n) is 4.76. The van der Waals surface area contributed by atoms with Gasteiger partial charge in [-0.25, -0.2) is 4.98 Å². The molecule has 0 saturated heterocycles. The van der Waals surface area contributed by atoms with Crippen LogP contribution >= 0.6 is 0 Å². The van der Waals surface area contributed by atoms with E-state index in [0.29, 0.717) is 12.1 Å². The van der Waals surface area contributed by atoms with Crippen molar-refractivity contribution in [1.29, 1.82) is 0 Å². The van der Waals surface area contributed by atoms with Crippen molar-refractivity contribution < 1.29 is 0 Å². The molecule has 0 bridgehead atoms. The molecular weight excluding hydrogens is 198 g/mol. The van der Waals surface area contributed by atoms with E-state index in [2.05, 4.69) is 29.1 Å². The number of aryl methyl sites for hydroxylation is 1. The van der Waals surface area contributed by atoms with Gasteiger partial charge in [0.2, 0.25) is 0 Å². The molecule has 1 saturated carbocycles. The van der Waals surface area contributed by atoms with Gasteiger partial charge in [-0.15, -0.1) is 0 Å². The molecular formula is C13H21N3. The third-order valence-electron chi connectivity index (χ3n) is 3.51. The average Bonchev–Trinajstić information content (AvgIpc) is 2.29. The molecule has 2 rings (SSSR count). The minimum atomic E-state index is 0.293. The monoisotopic (exact) mass is 219 g/mol. The first-order valence-electron chi connectivity index (χ1n) is 6.10. The van der Waals surface area contributed by atoms with Crippen molar-refractivity contribution in [1.82, 2.24) is 4.98 Å². The maximum atomic E-state index is 6.19. The van der Waals surface area contributed by atoms with Crippen LogP contribution in [0.5, 0.6) is 0 Å². The van der Waals surface area contributed by atoms with Crippen LogP contribution in [0.1, 0.15) is 31.4 Å². The minimum Gasteiger partial charge on any atom is -0.355 e. The molecule has 3 heteroatoms. The zero-order chi connectivity index (χ0) is 11.5. The van der Waals surface area contributed by atoms with Crippen LogP contribution in [0.2, 0.25) is 0 Å². The Labute approximate surface area is 97.7 Å². The fraction of sp³-hybridized carbons (Fsp3) is 0.615. The topological polar surface area (TPSA) is 42.1 Å². The van der Waals surface area contributed by atoms with Crippen molar-refractivity contribution >= 4 is 5.82 Å². The minimum absolute atomic E-state index is 0.293. The lowest BCUT2D eigenvalue weighted by Crippen LogP contribution is -2.48. The zero-order valence-electron chi connectivity index (χ0n) is 10.2. The molecule has 0 aromatic carbocycles. The first-order valence-corrected chi connectivity index (χ1v) is 6.10. The average molecular weight is 219 g/mol. The Bertz CT molecular complexity index is 351. The largest absolute Gasteiger partial charge is 0.355 e. The van der Waals surface area contributed by atoms with Crippen LogP contribution < -0.4 is 10.6 Å². The summed E-state index contributed by atoms with van der Waals surface area (Å²) in [7, 11) is 2.11. The summed E-state index contributed by atoms with van der Waals surface area (Å²) in [6.07, 6.45) is 4.88. The maximum absolute atomic E-state index is 6.19. The first-order chi connectivity index (χ1) is 7.68. The van der Waals surface area contributed by atoms with Crippen molar-refractivity contribution in [3.8, 4) is 0 Å². The predicted molar refractivity (Wildman–Crippen MR) is 67.6 cm³/mol. The number of hydrogen-bond acceptors (Lipinski definition) is 3. The SMILES string of the molecule is Cc1cccc(N(C)C2CCCCC2N)n1. The Kier molecular flexibility index (Phi) is 3.44. The van der Waals surface area contributed by atoms with Gasteiger partial charge in [0.1, 0.15) is 5.82 Å². The number of aromatic nitrogens is 1. The lowest BCUT2D eigenvalue weighted by Gasteiger charge is -2.36. The maximum Gasteiger partial charge on any atom is 0.128 e. The van der Waals surface area contributed by atoms with Gasteiger partial charge < -0.3 is 10.6 Å². The zero-order valence-corrected chi connectivity index (χ0v) is 10.2. The van der Waals surface area contributed by atoms with Crippen LogP contribution in [0.4, 0.5) is 5.82 Å². The fourth-order valence-corrected chi connectivity index (χ4v) is 2.52. The molecule has 2 N–H and O–H groups in total. The van der Waals surface area contributed by atoms with Crippen molar-refractivity contribution in [2.75, 3.05) is 11.9 Å². The number of nitrogens with two attached hydrogens (primary N) is 1. The summed E-state index contributed by atoms with van der Waals surface area (Å²) in [5, 5.41) is 0. The number of anilines is 1. The van der Waals surface area contributed by atoms with Gasteiger partial charge in [0.05, 0.1) is 0 Å². The molecule has 1 aliphatic carbocycles. The highest BCUT2D eigenvalue weighted by molar-refractivity contribution is 5.40. The van der Waals surface area contributed by atoms with Crippen molar-refractivity contribution in [3.05, 3.63) is 23.9 Å². The van der Waals surface area contributed by atoms with E-state index < -0.39 is 0 Å². The summed E-state index contributed by atoms with van der Waals surface area (Å²) in [4.78, 5) is 6.80. The van der Waals surface area contributed by atoms with Crippen LogP contribution in [0, 0.1) is 6.92 Å². The summed E-state index contributed by atoms with van der Waals surface area (Å²) in [5.74, 6) is 1.04. The second kappa shape index (κ2) is 4.83. The van der Waals surface area contributed by atoms with E-state index in [1.165, 1.54) is 19.3 Å². The standard InChI is InChI=1S/C13H21N3/c1-10-6-5-9-13(15-10)16(2)12-8-4-3-7-11(12)14/h5-6,9,11-12H,3-4,7-8,14H2,1-2H3. The Hall–Kier alpha value is -1.09. The third kappa shape index (κ3) is 2.35. The van der Waals surface area contributed by atoms with Gasteiger partial charge in [0, 0.05) is 24.8 Å². The Morgan fingerprint density at radius 1 is 1.31 bits per heavy atom. The van der Waals surface area contributed by atoms with Crippen LogP contribution in [0.25, 0.3) is 0 Å². The number of hydrogen-bond donors (Lipinski definition) is 1. The molecule has 88 valence electrons. The number of rotatable bonds is 2. The van der Waals surface area contributed by atoms with Crippen molar-refractivity contribution in [2.45, 2.75) is 44.7 Å². The molecule has 2 atom stereocenters. The van der Waals surface area contributed by atoms with Gasteiger partial charge in [0.25, 0.3) is 0 Å².